The number of aliphatic hydroxyl groups is 1. The Hall–Kier alpha value is -1.39. The molecule has 90 valence electrons. The average Bonchev–Trinajstić information content (AvgIpc) is 2.57. The van der Waals surface area contributed by atoms with Gasteiger partial charge in [0, 0.05) is 5.02 Å². The molecule has 0 saturated carbocycles. The Morgan fingerprint density at radius 3 is 2.53 bits per heavy atom. The van der Waals surface area contributed by atoms with Crippen LogP contribution < -0.4 is 0 Å². The van der Waals surface area contributed by atoms with Gasteiger partial charge in [-0.2, -0.15) is 5.10 Å². The molecule has 0 radical (unpaired) electrons. The lowest BCUT2D eigenvalue weighted by molar-refractivity contribution is 0.199. The van der Waals surface area contributed by atoms with Crippen LogP contribution in [0.25, 0.3) is 5.69 Å². The van der Waals surface area contributed by atoms with Crippen molar-refractivity contribution in [3.05, 3.63) is 40.4 Å². The number of benzene rings is 1. The van der Waals surface area contributed by atoms with E-state index in [9.17, 15) is 5.11 Å². The first-order valence-corrected chi connectivity index (χ1v) is 5.75. The van der Waals surface area contributed by atoms with Gasteiger partial charge in [-0.05, 0) is 38.5 Å². The van der Waals surface area contributed by atoms with Gasteiger partial charge in [-0.15, -0.1) is 0 Å². The monoisotopic (exact) mass is 251 g/mol. The van der Waals surface area contributed by atoms with Crippen molar-refractivity contribution in [2.45, 2.75) is 26.9 Å². The summed E-state index contributed by atoms with van der Waals surface area (Å²) in [6, 6.07) is 5.46. The maximum atomic E-state index is 9.51. The zero-order valence-electron chi connectivity index (χ0n) is 9.98. The lowest BCUT2D eigenvalue weighted by Gasteiger charge is -2.09. The molecule has 17 heavy (non-hydrogen) atoms. The Kier molecular flexibility index (Phi) is 3.17. The minimum Gasteiger partial charge on any atom is -0.389 e. The van der Waals surface area contributed by atoms with Crippen LogP contribution in [-0.2, 0) is 0 Å². The van der Waals surface area contributed by atoms with Gasteiger partial charge in [0.25, 0.3) is 0 Å². The van der Waals surface area contributed by atoms with E-state index >= 15 is 0 Å². The SMILES string of the molecule is Cc1nc(C)n(-c2ccc(C(C)O)c(Cl)c2)n1. The fourth-order valence-electron chi connectivity index (χ4n) is 1.75. The van der Waals surface area contributed by atoms with E-state index in [1.54, 1.807) is 23.7 Å². The van der Waals surface area contributed by atoms with Crippen molar-refractivity contribution in [1.82, 2.24) is 14.8 Å². The molecule has 1 aromatic heterocycles. The fraction of sp³-hybridized carbons (Fsp3) is 0.333. The van der Waals surface area contributed by atoms with Gasteiger partial charge in [0.05, 0.1) is 11.8 Å². The smallest absolute Gasteiger partial charge is 0.148 e. The van der Waals surface area contributed by atoms with Crippen molar-refractivity contribution in [3.8, 4) is 5.69 Å². The van der Waals surface area contributed by atoms with Crippen molar-refractivity contribution in [2.75, 3.05) is 0 Å². The highest BCUT2D eigenvalue weighted by Gasteiger charge is 2.10. The molecule has 0 saturated heterocycles. The molecule has 1 aromatic carbocycles. The molecule has 0 amide bonds. The predicted molar refractivity (Wildman–Crippen MR) is 66.5 cm³/mol. The van der Waals surface area contributed by atoms with Crippen molar-refractivity contribution < 1.29 is 5.11 Å². The molecule has 1 atom stereocenters. The maximum absolute atomic E-state index is 9.51. The van der Waals surface area contributed by atoms with Crippen LogP contribution in [0.4, 0.5) is 0 Å². The predicted octanol–water partition coefficient (Wildman–Crippen LogP) is 2.59. The second kappa shape index (κ2) is 4.47. The normalized spacial score (nSPS) is 12.8. The van der Waals surface area contributed by atoms with Crippen molar-refractivity contribution >= 4 is 11.6 Å². The summed E-state index contributed by atoms with van der Waals surface area (Å²) in [5, 5.41) is 14.3. The molecular formula is C12H14ClN3O. The van der Waals surface area contributed by atoms with Gasteiger partial charge in [-0.3, -0.25) is 0 Å². The molecule has 1 N–H and O–H groups in total. The highest BCUT2D eigenvalue weighted by Crippen LogP contribution is 2.25. The van der Waals surface area contributed by atoms with Crippen LogP contribution in [0.3, 0.4) is 0 Å². The highest BCUT2D eigenvalue weighted by molar-refractivity contribution is 6.31. The van der Waals surface area contributed by atoms with Crippen LogP contribution in [0.5, 0.6) is 0 Å². The second-order valence-corrected chi connectivity index (χ2v) is 4.41. The summed E-state index contributed by atoms with van der Waals surface area (Å²) in [5.41, 5.74) is 1.56. The van der Waals surface area contributed by atoms with E-state index in [2.05, 4.69) is 10.1 Å². The van der Waals surface area contributed by atoms with E-state index in [-0.39, 0.29) is 0 Å². The Morgan fingerprint density at radius 2 is 2.06 bits per heavy atom. The number of aromatic nitrogens is 3. The van der Waals surface area contributed by atoms with Crippen molar-refractivity contribution in [1.29, 1.82) is 0 Å². The lowest BCUT2D eigenvalue weighted by atomic mass is 10.1. The molecule has 0 aliphatic rings. The molecule has 0 aliphatic heterocycles. The molecule has 2 aromatic rings. The summed E-state index contributed by atoms with van der Waals surface area (Å²) in [5.74, 6) is 1.53. The average molecular weight is 252 g/mol. The lowest BCUT2D eigenvalue weighted by Crippen LogP contribution is -2.01. The third-order valence-corrected chi connectivity index (χ3v) is 2.88. The molecule has 0 spiro atoms. The number of nitrogens with zero attached hydrogens (tertiary/aromatic N) is 3. The van der Waals surface area contributed by atoms with Gasteiger partial charge in [0.1, 0.15) is 11.6 Å². The van der Waals surface area contributed by atoms with Crippen molar-refractivity contribution in [2.24, 2.45) is 0 Å². The molecule has 0 fully saturated rings. The van der Waals surface area contributed by atoms with E-state index in [1.165, 1.54) is 0 Å². The van der Waals surface area contributed by atoms with Gasteiger partial charge in [-0.1, -0.05) is 17.7 Å². The van der Waals surface area contributed by atoms with Crippen LogP contribution in [-0.4, -0.2) is 19.9 Å². The van der Waals surface area contributed by atoms with E-state index in [1.807, 2.05) is 19.9 Å². The Morgan fingerprint density at radius 1 is 1.35 bits per heavy atom. The minimum atomic E-state index is -0.574. The molecule has 0 bridgehead atoms. The van der Waals surface area contributed by atoms with Gasteiger partial charge in [0.2, 0.25) is 0 Å². The zero-order valence-corrected chi connectivity index (χ0v) is 10.7. The van der Waals surface area contributed by atoms with E-state index in [4.69, 9.17) is 11.6 Å². The molecule has 4 nitrogen and oxygen atoms in total. The minimum absolute atomic E-state index is 0.532. The first-order chi connectivity index (χ1) is 7.99. The number of aliphatic hydroxyl groups excluding tert-OH is 1. The summed E-state index contributed by atoms with van der Waals surface area (Å²) in [6.45, 7) is 5.41. The third kappa shape index (κ3) is 2.33. The van der Waals surface area contributed by atoms with Crippen LogP contribution in [0, 0.1) is 13.8 Å². The molecular weight excluding hydrogens is 238 g/mol. The number of halogens is 1. The largest absolute Gasteiger partial charge is 0.389 e. The van der Waals surface area contributed by atoms with E-state index < -0.39 is 6.10 Å². The van der Waals surface area contributed by atoms with Gasteiger partial charge < -0.3 is 5.11 Å². The van der Waals surface area contributed by atoms with Crippen LogP contribution in [0.1, 0.15) is 30.2 Å². The first-order valence-electron chi connectivity index (χ1n) is 5.37. The van der Waals surface area contributed by atoms with Crippen LogP contribution in [0.2, 0.25) is 5.02 Å². The molecule has 1 heterocycles. The summed E-state index contributed by atoms with van der Waals surface area (Å²) >= 11 is 6.11. The number of aryl methyl sites for hydroxylation is 2. The second-order valence-electron chi connectivity index (χ2n) is 4.00. The van der Waals surface area contributed by atoms with Crippen LogP contribution >= 0.6 is 11.6 Å². The Labute approximate surface area is 105 Å². The quantitative estimate of drug-likeness (QED) is 0.893. The van der Waals surface area contributed by atoms with Crippen LogP contribution in [0.15, 0.2) is 18.2 Å². The Balaban J connectivity index is 2.48. The number of hydrogen-bond acceptors (Lipinski definition) is 3. The molecule has 0 aliphatic carbocycles. The fourth-order valence-corrected chi connectivity index (χ4v) is 2.08. The maximum Gasteiger partial charge on any atom is 0.148 e. The van der Waals surface area contributed by atoms with E-state index in [0.29, 0.717) is 10.6 Å². The van der Waals surface area contributed by atoms with Gasteiger partial charge in [0.15, 0.2) is 0 Å². The van der Waals surface area contributed by atoms with E-state index in [0.717, 1.165) is 17.3 Å². The first kappa shape index (κ1) is 12.1. The summed E-state index contributed by atoms with van der Waals surface area (Å²) in [6.07, 6.45) is -0.574. The summed E-state index contributed by atoms with van der Waals surface area (Å²) in [4.78, 5) is 4.23. The standard InChI is InChI=1S/C12H14ClN3O/c1-7(17)11-5-4-10(6-12(11)13)16-9(3)14-8(2)15-16/h4-7,17H,1-3H3. The molecule has 5 heteroatoms. The summed E-state index contributed by atoms with van der Waals surface area (Å²) < 4.78 is 1.73. The molecule has 2 rings (SSSR count). The third-order valence-electron chi connectivity index (χ3n) is 2.55. The number of rotatable bonds is 2. The number of hydrogen-bond donors (Lipinski definition) is 1. The van der Waals surface area contributed by atoms with Gasteiger partial charge in [-0.25, -0.2) is 9.67 Å². The van der Waals surface area contributed by atoms with Crippen molar-refractivity contribution in [3.63, 3.8) is 0 Å². The molecule has 1 unspecified atom stereocenters. The zero-order chi connectivity index (χ0) is 12.6. The Bertz CT molecular complexity index is 549. The van der Waals surface area contributed by atoms with Gasteiger partial charge >= 0.3 is 0 Å². The topological polar surface area (TPSA) is 50.9 Å². The highest BCUT2D eigenvalue weighted by atomic mass is 35.5. The summed E-state index contributed by atoms with van der Waals surface area (Å²) in [7, 11) is 0.